The van der Waals surface area contributed by atoms with Crippen LogP contribution in [0.3, 0.4) is 0 Å². The van der Waals surface area contributed by atoms with Crippen molar-refractivity contribution in [1.82, 2.24) is 9.78 Å². The zero-order valence-electron chi connectivity index (χ0n) is 12.5. The van der Waals surface area contributed by atoms with E-state index in [4.69, 9.17) is 5.73 Å². The van der Waals surface area contributed by atoms with Crippen molar-refractivity contribution in [3.63, 3.8) is 0 Å². The molecule has 0 radical (unpaired) electrons. The van der Waals surface area contributed by atoms with Gasteiger partial charge < -0.3 is 11.1 Å². The van der Waals surface area contributed by atoms with E-state index in [0.717, 1.165) is 11.3 Å². The van der Waals surface area contributed by atoms with Gasteiger partial charge in [-0.05, 0) is 36.6 Å². The highest BCUT2D eigenvalue weighted by atomic mass is 16.2. The number of nitrogens with one attached hydrogen (secondary N) is 1. The number of carbonyl (C=O) groups excluding carboxylic acids is 1. The smallest absolute Gasteiger partial charge is 0.244 e. The van der Waals surface area contributed by atoms with Crippen LogP contribution in [-0.2, 0) is 11.3 Å². The molecule has 0 bridgehead atoms. The van der Waals surface area contributed by atoms with Gasteiger partial charge in [0.05, 0.1) is 12.1 Å². The first-order valence-electron chi connectivity index (χ1n) is 7.24. The fourth-order valence-corrected chi connectivity index (χ4v) is 2.16. The summed E-state index contributed by atoms with van der Waals surface area (Å²) in [5.74, 6) is -0.135. The van der Waals surface area contributed by atoms with E-state index in [0.29, 0.717) is 19.4 Å². The van der Waals surface area contributed by atoms with Crippen LogP contribution >= 0.6 is 0 Å². The van der Waals surface area contributed by atoms with Crippen LogP contribution in [0.2, 0.25) is 0 Å². The van der Waals surface area contributed by atoms with Gasteiger partial charge in [-0.3, -0.25) is 9.48 Å². The fourth-order valence-electron chi connectivity index (χ4n) is 2.16. The van der Waals surface area contributed by atoms with Crippen LogP contribution in [-0.4, -0.2) is 21.2 Å². The number of nitrogens with two attached hydrogens (primary N) is 1. The van der Waals surface area contributed by atoms with Crippen LogP contribution in [0.15, 0.2) is 42.7 Å². The predicted molar refractivity (Wildman–Crippen MR) is 83.9 cm³/mol. The minimum atomic E-state index is -0.808. The minimum absolute atomic E-state index is 0.135. The van der Waals surface area contributed by atoms with Crippen LogP contribution in [0.4, 0.5) is 5.69 Å². The van der Waals surface area contributed by atoms with Crippen molar-refractivity contribution in [2.75, 3.05) is 5.32 Å². The quantitative estimate of drug-likeness (QED) is 0.856. The van der Waals surface area contributed by atoms with Crippen molar-refractivity contribution >= 4 is 11.6 Å². The number of hydrogen-bond acceptors (Lipinski definition) is 3. The number of carbonyl (C=O) groups is 1. The number of amides is 1. The summed E-state index contributed by atoms with van der Waals surface area (Å²) < 4.78 is 1.84. The number of benzene rings is 1. The largest absolute Gasteiger partial charge is 0.324 e. The third-order valence-electron chi connectivity index (χ3n) is 3.80. The average molecular weight is 286 g/mol. The number of rotatable bonds is 6. The summed E-state index contributed by atoms with van der Waals surface area (Å²) in [4.78, 5) is 12.3. The lowest BCUT2D eigenvalue weighted by Gasteiger charge is -2.25. The molecule has 0 aliphatic carbocycles. The van der Waals surface area contributed by atoms with Crippen molar-refractivity contribution in [2.45, 2.75) is 38.8 Å². The van der Waals surface area contributed by atoms with Crippen LogP contribution in [0, 0.1) is 0 Å². The molecule has 2 rings (SSSR count). The summed E-state index contributed by atoms with van der Waals surface area (Å²) >= 11 is 0. The minimum Gasteiger partial charge on any atom is -0.324 e. The SMILES string of the molecule is CCC(N)(CC)C(=O)Nc1cccc(Cn2cccn2)c1. The Labute approximate surface area is 125 Å². The Kier molecular flexibility index (Phi) is 4.75. The Morgan fingerprint density at radius 3 is 2.71 bits per heavy atom. The van der Waals surface area contributed by atoms with E-state index in [9.17, 15) is 4.79 Å². The maximum Gasteiger partial charge on any atom is 0.244 e. The molecule has 0 unspecified atom stereocenters. The molecule has 1 heterocycles. The van der Waals surface area contributed by atoms with Gasteiger partial charge in [-0.2, -0.15) is 5.10 Å². The van der Waals surface area contributed by atoms with Crippen LogP contribution < -0.4 is 11.1 Å². The van der Waals surface area contributed by atoms with E-state index in [1.54, 1.807) is 6.20 Å². The molecule has 0 aliphatic rings. The topological polar surface area (TPSA) is 72.9 Å². The Morgan fingerprint density at radius 1 is 1.33 bits per heavy atom. The molecule has 0 atom stereocenters. The van der Waals surface area contributed by atoms with Gasteiger partial charge in [0, 0.05) is 18.1 Å². The summed E-state index contributed by atoms with van der Waals surface area (Å²) in [5, 5.41) is 7.09. The first-order chi connectivity index (χ1) is 10.1. The molecular formula is C16H22N4O. The lowest BCUT2D eigenvalue weighted by atomic mass is 9.93. The van der Waals surface area contributed by atoms with E-state index in [2.05, 4.69) is 10.4 Å². The molecule has 2 aromatic rings. The zero-order chi connectivity index (χ0) is 15.3. The van der Waals surface area contributed by atoms with E-state index in [1.165, 1.54) is 0 Å². The second-order valence-electron chi connectivity index (χ2n) is 5.22. The Bertz CT molecular complexity index is 588. The second kappa shape index (κ2) is 6.54. The molecule has 5 nitrogen and oxygen atoms in total. The Morgan fingerprint density at radius 2 is 2.10 bits per heavy atom. The molecule has 1 aromatic carbocycles. The lowest BCUT2D eigenvalue weighted by Crippen LogP contribution is -2.50. The van der Waals surface area contributed by atoms with E-state index >= 15 is 0 Å². The average Bonchev–Trinajstić information content (AvgIpc) is 2.99. The normalized spacial score (nSPS) is 11.4. The number of anilines is 1. The molecule has 1 amide bonds. The summed E-state index contributed by atoms with van der Waals surface area (Å²) in [6.45, 7) is 4.53. The number of nitrogens with zero attached hydrogens (tertiary/aromatic N) is 2. The van der Waals surface area contributed by atoms with Gasteiger partial charge in [0.15, 0.2) is 0 Å². The standard InChI is InChI=1S/C16H22N4O/c1-3-16(17,4-2)15(21)19-14-8-5-7-13(11-14)12-20-10-6-9-18-20/h5-11H,3-4,12,17H2,1-2H3,(H,19,21). The molecule has 21 heavy (non-hydrogen) atoms. The highest BCUT2D eigenvalue weighted by Gasteiger charge is 2.29. The molecule has 3 N–H and O–H groups in total. The van der Waals surface area contributed by atoms with Gasteiger partial charge in [0.25, 0.3) is 0 Å². The van der Waals surface area contributed by atoms with Crippen LogP contribution in [0.1, 0.15) is 32.3 Å². The second-order valence-corrected chi connectivity index (χ2v) is 5.22. The summed E-state index contributed by atoms with van der Waals surface area (Å²) in [7, 11) is 0. The molecule has 0 aliphatic heterocycles. The molecular weight excluding hydrogens is 264 g/mol. The Balaban J connectivity index is 2.09. The fraction of sp³-hybridized carbons (Fsp3) is 0.375. The van der Waals surface area contributed by atoms with E-state index in [1.807, 2.05) is 55.1 Å². The summed E-state index contributed by atoms with van der Waals surface area (Å²) in [6.07, 6.45) is 4.88. The van der Waals surface area contributed by atoms with Crippen molar-refractivity contribution < 1.29 is 4.79 Å². The Hall–Kier alpha value is -2.14. The summed E-state index contributed by atoms with van der Waals surface area (Å²) in [5.41, 5.74) is 7.14. The van der Waals surface area contributed by atoms with E-state index in [-0.39, 0.29) is 5.91 Å². The van der Waals surface area contributed by atoms with Crippen LogP contribution in [0.25, 0.3) is 0 Å². The molecule has 1 aromatic heterocycles. The van der Waals surface area contributed by atoms with Crippen molar-refractivity contribution in [2.24, 2.45) is 5.73 Å². The lowest BCUT2D eigenvalue weighted by molar-refractivity contribution is -0.121. The number of hydrogen-bond donors (Lipinski definition) is 2. The highest BCUT2D eigenvalue weighted by Crippen LogP contribution is 2.17. The van der Waals surface area contributed by atoms with Gasteiger partial charge in [-0.15, -0.1) is 0 Å². The molecule has 112 valence electrons. The number of aromatic nitrogens is 2. The van der Waals surface area contributed by atoms with Crippen LogP contribution in [0.5, 0.6) is 0 Å². The molecule has 0 fully saturated rings. The maximum absolute atomic E-state index is 12.3. The first kappa shape index (κ1) is 15.3. The van der Waals surface area contributed by atoms with Gasteiger partial charge in [0.2, 0.25) is 5.91 Å². The van der Waals surface area contributed by atoms with Crippen molar-refractivity contribution in [3.8, 4) is 0 Å². The van der Waals surface area contributed by atoms with Gasteiger partial charge in [0.1, 0.15) is 0 Å². The van der Waals surface area contributed by atoms with Gasteiger partial charge >= 0.3 is 0 Å². The molecule has 5 heteroatoms. The molecule has 0 saturated heterocycles. The van der Waals surface area contributed by atoms with Gasteiger partial charge in [-0.25, -0.2) is 0 Å². The summed E-state index contributed by atoms with van der Waals surface area (Å²) in [6, 6.07) is 9.63. The molecule has 0 spiro atoms. The first-order valence-corrected chi connectivity index (χ1v) is 7.24. The zero-order valence-corrected chi connectivity index (χ0v) is 12.5. The van der Waals surface area contributed by atoms with Gasteiger partial charge in [-0.1, -0.05) is 26.0 Å². The van der Waals surface area contributed by atoms with Crippen molar-refractivity contribution in [1.29, 1.82) is 0 Å². The maximum atomic E-state index is 12.3. The highest BCUT2D eigenvalue weighted by molar-refractivity contribution is 5.97. The van der Waals surface area contributed by atoms with Crippen molar-refractivity contribution in [3.05, 3.63) is 48.3 Å². The molecule has 0 saturated carbocycles. The van der Waals surface area contributed by atoms with E-state index < -0.39 is 5.54 Å². The monoisotopic (exact) mass is 286 g/mol. The predicted octanol–water partition coefficient (Wildman–Crippen LogP) is 2.39. The third-order valence-corrected chi connectivity index (χ3v) is 3.80. The third kappa shape index (κ3) is 3.70.